The summed E-state index contributed by atoms with van der Waals surface area (Å²) in [6.07, 6.45) is 3.13. The van der Waals surface area contributed by atoms with Crippen molar-refractivity contribution in [3.8, 4) is 11.5 Å². The van der Waals surface area contributed by atoms with Gasteiger partial charge in [-0.15, -0.1) is 0 Å². The van der Waals surface area contributed by atoms with Gasteiger partial charge in [-0.2, -0.15) is 0 Å². The molecule has 0 saturated carbocycles. The molecular formula is C23H24ClFN2O2. The van der Waals surface area contributed by atoms with E-state index in [1.807, 2.05) is 12.1 Å². The Kier molecular flexibility index (Phi) is 5.79. The molecule has 152 valence electrons. The van der Waals surface area contributed by atoms with E-state index >= 15 is 0 Å². The highest BCUT2D eigenvalue weighted by atomic mass is 35.5. The number of para-hydroxylation sites is 1. The van der Waals surface area contributed by atoms with Gasteiger partial charge in [-0.3, -0.25) is 4.90 Å². The molecule has 29 heavy (non-hydrogen) atoms. The number of hydrogen-bond donors (Lipinski definition) is 0. The van der Waals surface area contributed by atoms with E-state index in [4.69, 9.17) is 21.1 Å². The van der Waals surface area contributed by atoms with Crippen molar-refractivity contribution in [2.45, 2.75) is 25.6 Å². The standard InChI is InChI=1S/C23H24ClFN2O2/c1-28-21-8-3-6-17(23(21)29-2)22-20-7-4-11-26(20)12-5-13-27(22)15-16-9-10-19(25)18(24)14-16/h3-4,6-11,14,22H,5,12-13,15H2,1-2H3. The highest BCUT2D eigenvalue weighted by molar-refractivity contribution is 6.30. The van der Waals surface area contributed by atoms with Crippen LogP contribution in [0.3, 0.4) is 0 Å². The van der Waals surface area contributed by atoms with Crippen molar-refractivity contribution in [1.29, 1.82) is 0 Å². The largest absolute Gasteiger partial charge is 0.493 e. The molecule has 4 nitrogen and oxygen atoms in total. The number of aryl methyl sites for hydroxylation is 1. The predicted octanol–water partition coefficient (Wildman–Crippen LogP) is 5.29. The van der Waals surface area contributed by atoms with Crippen molar-refractivity contribution in [2.75, 3.05) is 20.8 Å². The summed E-state index contributed by atoms with van der Waals surface area (Å²) in [7, 11) is 3.32. The van der Waals surface area contributed by atoms with Gasteiger partial charge >= 0.3 is 0 Å². The monoisotopic (exact) mass is 414 g/mol. The molecule has 1 aliphatic heterocycles. The van der Waals surface area contributed by atoms with Gasteiger partial charge in [0.25, 0.3) is 0 Å². The molecule has 2 aromatic carbocycles. The van der Waals surface area contributed by atoms with Crippen LogP contribution in [0.4, 0.5) is 4.39 Å². The zero-order valence-corrected chi connectivity index (χ0v) is 17.3. The summed E-state index contributed by atoms with van der Waals surface area (Å²) in [6.45, 7) is 2.49. The number of rotatable bonds is 5. The van der Waals surface area contributed by atoms with E-state index in [1.165, 1.54) is 11.8 Å². The van der Waals surface area contributed by atoms with Crippen LogP contribution in [0.15, 0.2) is 54.7 Å². The van der Waals surface area contributed by atoms with Crippen LogP contribution in [0.2, 0.25) is 5.02 Å². The molecule has 6 heteroatoms. The lowest BCUT2D eigenvalue weighted by molar-refractivity contribution is 0.215. The Morgan fingerprint density at radius 3 is 2.69 bits per heavy atom. The molecule has 0 saturated heterocycles. The van der Waals surface area contributed by atoms with E-state index in [-0.39, 0.29) is 11.1 Å². The summed E-state index contributed by atoms with van der Waals surface area (Å²) >= 11 is 6.03. The van der Waals surface area contributed by atoms with Crippen molar-refractivity contribution < 1.29 is 13.9 Å². The number of fused-ring (bicyclic) bond motifs is 1. The minimum Gasteiger partial charge on any atom is -0.493 e. The number of aromatic nitrogens is 1. The molecule has 0 N–H and O–H groups in total. The second kappa shape index (κ2) is 8.47. The Morgan fingerprint density at radius 1 is 1.07 bits per heavy atom. The van der Waals surface area contributed by atoms with Crippen molar-refractivity contribution in [1.82, 2.24) is 9.47 Å². The number of halogens is 2. The van der Waals surface area contributed by atoms with Gasteiger partial charge in [-0.05, 0) is 42.3 Å². The van der Waals surface area contributed by atoms with Crippen molar-refractivity contribution in [2.24, 2.45) is 0 Å². The third-order valence-corrected chi connectivity index (χ3v) is 5.74. The number of benzene rings is 2. The van der Waals surface area contributed by atoms with Gasteiger partial charge in [-0.1, -0.05) is 29.8 Å². The van der Waals surface area contributed by atoms with Crippen LogP contribution >= 0.6 is 11.6 Å². The third-order valence-electron chi connectivity index (χ3n) is 5.45. The lowest BCUT2D eigenvalue weighted by Gasteiger charge is -2.32. The van der Waals surface area contributed by atoms with Crippen molar-refractivity contribution in [3.63, 3.8) is 0 Å². The predicted molar refractivity (Wildman–Crippen MR) is 112 cm³/mol. The van der Waals surface area contributed by atoms with Gasteiger partial charge in [-0.25, -0.2) is 4.39 Å². The van der Waals surface area contributed by atoms with E-state index in [9.17, 15) is 4.39 Å². The normalized spacial score (nSPS) is 16.9. The van der Waals surface area contributed by atoms with Gasteiger partial charge < -0.3 is 14.0 Å². The Hall–Kier alpha value is -2.50. The Bertz CT molecular complexity index is 1000. The molecule has 4 rings (SSSR count). The SMILES string of the molecule is COc1cccc(C2c3cccn3CCCN2Cc2ccc(F)c(Cl)c2)c1OC. The highest BCUT2D eigenvalue weighted by Crippen LogP contribution is 2.41. The number of methoxy groups -OCH3 is 2. The average molecular weight is 415 g/mol. The van der Waals surface area contributed by atoms with E-state index < -0.39 is 5.82 Å². The molecule has 0 spiro atoms. The minimum atomic E-state index is -0.397. The fourth-order valence-corrected chi connectivity index (χ4v) is 4.37. The number of hydrogen-bond acceptors (Lipinski definition) is 3. The zero-order chi connectivity index (χ0) is 20.4. The van der Waals surface area contributed by atoms with Crippen molar-refractivity contribution in [3.05, 3.63) is 82.4 Å². The lowest BCUT2D eigenvalue weighted by Crippen LogP contribution is -2.30. The van der Waals surface area contributed by atoms with Crippen molar-refractivity contribution >= 4 is 11.6 Å². The van der Waals surface area contributed by atoms with Gasteiger partial charge in [0.15, 0.2) is 11.5 Å². The number of ether oxygens (including phenoxy) is 2. The minimum absolute atomic E-state index is 0.0265. The van der Waals surface area contributed by atoms with Crippen LogP contribution in [-0.2, 0) is 13.1 Å². The summed E-state index contributed by atoms with van der Waals surface area (Å²) in [6, 6.07) is 15.1. The van der Waals surface area contributed by atoms with Crippen LogP contribution in [0.1, 0.15) is 29.3 Å². The molecule has 1 unspecified atom stereocenters. The highest BCUT2D eigenvalue weighted by Gasteiger charge is 2.30. The smallest absolute Gasteiger partial charge is 0.165 e. The topological polar surface area (TPSA) is 26.6 Å². The molecule has 1 aromatic heterocycles. The molecule has 1 atom stereocenters. The van der Waals surface area contributed by atoms with E-state index in [1.54, 1.807) is 26.4 Å². The fourth-order valence-electron chi connectivity index (χ4n) is 4.17. The molecule has 0 aliphatic carbocycles. The molecule has 0 bridgehead atoms. The van der Waals surface area contributed by atoms with Crippen LogP contribution < -0.4 is 9.47 Å². The first kappa shape index (κ1) is 19.8. The second-order valence-corrected chi connectivity index (χ2v) is 7.59. The molecule has 1 aliphatic rings. The Morgan fingerprint density at radius 2 is 1.93 bits per heavy atom. The molecule has 0 radical (unpaired) electrons. The van der Waals surface area contributed by atoms with Gasteiger partial charge in [0.1, 0.15) is 5.82 Å². The van der Waals surface area contributed by atoms with Gasteiger partial charge in [0.2, 0.25) is 0 Å². The van der Waals surface area contributed by atoms with Crippen LogP contribution in [0.25, 0.3) is 0 Å². The summed E-state index contributed by atoms with van der Waals surface area (Å²) in [5.41, 5.74) is 3.22. The van der Waals surface area contributed by atoms with E-state index in [2.05, 4.69) is 33.9 Å². The van der Waals surface area contributed by atoms with Crippen LogP contribution in [0.5, 0.6) is 11.5 Å². The van der Waals surface area contributed by atoms with E-state index in [0.717, 1.165) is 36.4 Å². The zero-order valence-electron chi connectivity index (χ0n) is 16.6. The maximum Gasteiger partial charge on any atom is 0.165 e. The summed E-state index contributed by atoms with van der Waals surface area (Å²) in [4.78, 5) is 2.39. The first-order chi connectivity index (χ1) is 14.1. The number of nitrogens with zero attached hydrogens (tertiary/aromatic N) is 2. The van der Waals surface area contributed by atoms with Crippen LogP contribution in [-0.4, -0.2) is 30.2 Å². The first-order valence-corrected chi connectivity index (χ1v) is 10.0. The summed E-state index contributed by atoms with van der Waals surface area (Å²) in [5, 5.41) is 0.149. The fraction of sp³-hybridized carbons (Fsp3) is 0.304. The average Bonchev–Trinajstić information content (AvgIpc) is 3.11. The molecule has 0 amide bonds. The Balaban J connectivity index is 1.81. The second-order valence-electron chi connectivity index (χ2n) is 7.18. The van der Waals surface area contributed by atoms with Crippen LogP contribution in [0, 0.1) is 5.82 Å². The quantitative estimate of drug-likeness (QED) is 0.567. The summed E-state index contributed by atoms with van der Waals surface area (Å²) < 4.78 is 27.2. The summed E-state index contributed by atoms with van der Waals surface area (Å²) in [5.74, 6) is 1.04. The molecule has 2 heterocycles. The van der Waals surface area contributed by atoms with Gasteiger partial charge in [0, 0.05) is 37.1 Å². The molecule has 3 aromatic rings. The Labute approximate surface area is 175 Å². The van der Waals surface area contributed by atoms with Gasteiger partial charge in [0.05, 0.1) is 25.3 Å². The maximum atomic E-state index is 13.6. The molecule has 0 fully saturated rings. The van der Waals surface area contributed by atoms with E-state index in [0.29, 0.717) is 12.3 Å². The third kappa shape index (κ3) is 3.85. The lowest BCUT2D eigenvalue weighted by atomic mass is 9.99. The first-order valence-electron chi connectivity index (χ1n) is 9.66. The molecular weight excluding hydrogens is 391 g/mol. The maximum absolute atomic E-state index is 13.6.